The van der Waals surface area contributed by atoms with E-state index in [9.17, 15) is 18.3 Å². The number of methoxy groups -OCH3 is 1. The Morgan fingerprint density at radius 3 is 2.52 bits per heavy atom. The third-order valence-corrected chi connectivity index (χ3v) is 10.3. The highest BCUT2D eigenvalue weighted by Crippen LogP contribution is 2.39. The molecule has 0 unspecified atom stereocenters. The van der Waals surface area contributed by atoms with Gasteiger partial charge in [-0.2, -0.15) is 0 Å². The molecule has 1 atom stereocenters. The molecule has 0 radical (unpaired) electrons. The number of carbonyl (C=O) groups is 1. The largest absolute Gasteiger partial charge is 0.492 e. The molecule has 1 aliphatic carbocycles. The summed E-state index contributed by atoms with van der Waals surface area (Å²) in [4.78, 5) is 11.7. The number of ether oxygens (including phenoxy) is 4. The fraction of sp³-hybridized carbons (Fsp3) is 0.424. The molecule has 9 heteroatoms. The summed E-state index contributed by atoms with van der Waals surface area (Å²) in [5.41, 5.74) is 5.79. The molecular formula is C33H36O8S. The summed E-state index contributed by atoms with van der Waals surface area (Å²) in [6, 6.07) is 18.3. The van der Waals surface area contributed by atoms with Crippen LogP contribution >= 0.6 is 0 Å². The Hall–Kier alpha value is -3.56. The van der Waals surface area contributed by atoms with Gasteiger partial charge in [0, 0.05) is 17.5 Å². The van der Waals surface area contributed by atoms with Crippen molar-refractivity contribution in [2.45, 2.75) is 56.7 Å². The van der Waals surface area contributed by atoms with Crippen molar-refractivity contribution in [3.8, 4) is 28.4 Å². The van der Waals surface area contributed by atoms with Crippen LogP contribution in [0, 0.1) is 0 Å². The van der Waals surface area contributed by atoms with Crippen molar-refractivity contribution < 1.29 is 37.3 Å². The van der Waals surface area contributed by atoms with Gasteiger partial charge in [-0.15, -0.1) is 0 Å². The number of benzene rings is 3. The van der Waals surface area contributed by atoms with Gasteiger partial charge in [0.15, 0.2) is 9.84 Å². The van der Waals surface area contributed by atoms with Crippen molar-refractivity contribution in [3.63, 3.8) is 0 Å². The Labute approximate surface area is 246 Å². The van der Waals surface area contributed by atoms with Gasteiger partial charge in [0.05, 0.1) is 31.6 Å². The fourth-order valence-electron chi connectivity index (χ4n) is 6.03. The average Bonchev–Trinajstić information content (AvgIpc) is 3.29. The molecule has 3 aromatic carbocycles. The van der Waals surface area contributed by atoms with Gasteiger partial charge in [0.25, 0.3) is 0 Å². The van der Waals surface area contributed by atoms with E-state index in [0.717, 1.165) is 36.1 Å². The first-order valence-corrected chi connectivity index (χ1v) is 16.3. The van der Waals surface area contributed by atoms with E-state index in [4.69, 9.17) is 18.9 Å². The maximum absolute atomic E-state index is 11.8. The van der Waals surface area contributed by atoms with Gasteiger partial charge in [-0.05, 0) is 84.2 Å². The summed E-state index contributed by atoms with van der Waals surface area (Å²) in [6.45, 7) is 0.942. The molecule has 0 bridgehead atoms. The van der Waals surface area contributed by atoms with Crippen LogP contribution < -0.4 is 14.2 Å². The molecule has 8 nitrogen and oxygen atoms in total. The predicted molar refractivity (Wildman–Crippen MR) is 158 cm³/mol. The maximum Gasteiger partial charge on any atom is 0.306 e. The van der Waals surface area contributed by atoms with Gasteiger partial charge >= 0.3 is 5.97 Å². The van der Waals surface area contributed by atoms with E-state index in [-0.39, 0.29) is 42.8 Å². The lowest BCUT2D eigenvalue weighted by Gasteiger charge is -2.31. The second-order valence-electron chi connectivity index (χ2n) is 11.6. The van der Waals surface area contributed by atoms with Gasteiger partial charge in [0.1, 0.15) is 36.1 Å². The average molecular weight is 593 g/mol. The highest BCUT2D eigenvalue weighted by atomic mass is 32.2. The van der Waals surface area contributed by atoms with E-state index in [1.165, 1.54) is 29.4 Å². The van der Waals surface area contributed by atoms with E-state index in [2.05, 4.69) is 30.3 Å². The van der Waals surface area contributed by atoms with E-state index in [1.807, 2.05) is 24.3 Å². The molecule has 3 aromatic rings. The predicted octanol–water partition coefficient (Wildman–Crippen LogP) is 4.78. The second-order valence-corrected chi connectivity index (χ2v) is 13.9. The zero-order valence-corrected chi connectivity index (χ0v) is 24.6. The van der Waals surface area contributed by atoms with Crippen molar-refractivity contribution >= 4 is 15.8 Å². The van der Waals surface area contributed by atoms with Crippen LogP contribution in [0.2, 0.25) is 0 Å². The molecule has 6 rings (SSSR count). The molecule has 0 spiro atoms. The normalized spacial score (nSPS) is 19.8. The van der Waals surface area contributed by atoms with E-state index in [1.54, 1.807) is 0 Å². The van der Waals surface area contributed by atoms with Crippen LogP contribution in [0.15, 0.2) is 54.6 Å². The first-order chi connectivity index (χ1) is 20.2. The zero-order valence-electron chi connectivity index (χ0n) is 23.8. The Bertz CT molecular complexity index is 1580. The highest BCUT2D eigenvalue weighted by molar-refractivity contribution is 7.91. The smallest absolute Gasteiger partial charge is 0.306 e. The van der Waals surface area contributed by atoms with Gasteiger partial charge in [-0.25, -0.2) is 8.42 Å². The number of hydrogen-bond acceptors (Lipinski definition) is 8. The molecule has 0 saturated carbocycles. The lowest BCUT2D eigenvalue weighted by atomic mass is 9.94. The minimum atomic E-state index is -3.06. The maximum atomic E-state index is 11.8. The minimum absolute atomic E-state index is 0.00234. The van der Waals surface area contributed by atoms with E-state index < -0.39 is 15.4 Å². The monoisotopic (exact) mass is 592 g/mol. The highest BCUT2D eigenvalue weighted by Gasteiger charge is 2.36. The summed E-state index contributed by atoms with van der Waals surface area (Å²) in [6.07, 6.45) is 3.61. The second kappa shape index (κ2) is 11.6. The zero-order chi connectivity index (χ0) is 29.3. The molecule has 0 amide bonds. The molecule has 2 heterocycles. The SMILES string of the molecule is COC(=O)C[C@@H]1COc2cc(OCc3ccc4c(c3)-c3ccc(OCC5(O)CCS(=O)(=O)CC5)cc3CCC4)ccc21. The number of aryl methyl sites for hydroxylation is 2. The fourth-order valence-corrected chi connectivity index (χ4v) is 7.61. The number of aliphatic hydroxyl groups is 1. The van der Waals surface area contributed by atoms with Crippen molar-refractivity contribution in [3.05, 3.63) is 76.9 Å². The Balaban J connectivity index is 1.13. The topological polar surface area (TPSA) is 108 Å². The standard InChI is InChI=1S/C33H36O8S/c1-38-32(34)17-25-20-40-31-18-27(8-10-29(25)31)39-19-22-5-6-23-3-2-4-24-16-26(7-9-28(24)30(23)15-22)41-21-33(35)11-13-42(36,37)14-12-33/h5-10,15-16,18,25,35H,2-4,11-14,17,19-21H2,1H3/t25-/m1/s1. The Morgan fingerprint density at radius 2 is 1.71 bits per heavy atom. The van der Waals surface area contributed by atoms with Crippen molar-refractivity contribution in [1.82, 2.24) is 0 Å². The van der Waals surface area contributed by atoms with Gasteiger partial charge < -0.3 is 24.1 Å². The van der Waals surface area contributed by atoms with Crippen LogP contribution in [0.1, 0.15) is 53.9 Å². The van der Waals surface area contributed by atoms with E-state index in [0.29, 0.717) is 31.1 Å². The number of fused-ring (bicyclic) bond motifs is 4. The third kappa shape index (κ3) is 6.27. The molecule has 1 N–H and O–H groups in total. The lowest BCUT2D eigenvalue weighted by molar-refractivity contribution is -0.141. The molecule has 3 aliphatic rings. The number of esters is 1. The van der Waals surface area contributed by atoms with Gasteiger partial charge in [-0.3, -0.25) is 4.79 Å². The summed E-state index contributed by atoms with van der Waals surface area (Å²) in [5, 5.41) is 10.8. The van der Waals surface area contributed by atoms with Gasteiger partial charge in [0.2, 0.25) is 0 Å². The summed E-state index contributed by atoms with van der Waals surface area (Å²) >= 11 is 0. The summed E-state index contributed by atoms with van der Waals surface area (Å²) in [5.74, 6) is 1.88. The molecule has 222 valence electrons. The third-order valence-electron chi connectivity index (χ3n) is 8.61. The summed E-state index contributed by atoms with van der Waals surface area (Å²) < 4.78 is 46.3. The van der Waals surface area contributed by atoms with Crippen LogP contribution in [0.3, 0.4) is 0 Å². The van der Waals surface area contributed by atoms with Crippen LogP contribution in [0.25, 0.3) is 11.1 Å². The Kier molecular flexibility index (Phi) is 7.89. The molecule has 42 heavy (non-hydrogen) atoms. The quantitative estimate of drug-likeness (QED) is 0.373. The number of carbonyl (C=O) groups excluding carboxylic acids is 1. The lowest BCUT2D eigenvalue weighted by Crippen LogP contribution is -2.43. The molecule has 1 fully saturated rings. The minimum Gasteiger partial charge on any atom is -0.492 e. The molecular weight excluding hydrogens is 556 g/mol. The number of sulfone groups is 1. The van der Waals surface area contributed by atoms with E-state index >= 15 is 0 Å². The molecule has 2 aliphatic heterocycles. The molecule has 0 aromatic heterocycles. The Morgan fingerprint density at radius 1 is 0.952 bits per heavy atom. The van der Waals surface area contributed by atoms with Crippen molar-refractivity contribution in [1.29, 1.82) is 0 Å². The first-order valence-electron chi connectivity index (χ1n) is 14.5. The van der Waals surface area contributed by atoms with Crippen LogP contribution in [0.4, 0.5) is 0 Å². The summed E-state index contributed by atoms with van der Waals surface area (Å²) in [7, 11) is -1.66. The number of hydrogen-bond donors (Lipinski definition) is 1. The van der Waals surface area contributed by atoms with Crippen LogP contribution in [-0.2, 0) is 38.8 Å². The van der Waals surface area contributed by atoms with Crippen LogP contribution in [-0.4, -0.2) is 56.9 Å². The van der Waals surface area contributed by atoms with Crippen molar-refractivity contribution in [2.24, 2.45) is 0 Å². The first kappa shape index (κ1) is 28.6. The van der Waals surface area contributed by atoms with Crippen LogP contribution in [0.5, 0.6) is 17.2 Å². The molecule has 1 saturated heterocycles. The van der Waals surface area contributed by atoms with Crippen molar-refractivity contribution in [2.75, 3.05) is 31.8 Å². The van der Waals surface area contributed by atoms with Gasteiger partial charge in [-0.1, -0.05) is 24.3 Å². The number of rotatable bonds is 8.